The van der Waals surface area contributed by atoms with Gasteiger partial charge in [-0.15, -0.1) is 0 Å². The van der Waals surface area contributed by atoms with Crippen molar-refractivity contribution < 1.29 is 18.3 Å². The van der Waals surface area contributed by atoms with Crippen LogP contribution in [0.2, 0.25) is 0 Å². The Bertz CT molecular complexity index is 357. The number of carbonyl (C=O) groups is 1. The van der Waals surface area contributed by atoms with Crippen LogP contribution in [0.25, 0.3) is 0 Å². The maximum atomic E-state index is 12.4. The molecule has 0 aliphatic carbocycles. The molecule has 0 amide bonds. The van der Waals surface area contributed by atoms with Gasteiger partial charge < -0.3 is 4.74 Å². The molecule has 0 aromatic carbocycles. The van der Waals surface area contributed by atoms with Crippen LogP contribution in [0.3, 0.4) is 0 Å². The average Bonchev–Trinajstić information content (AvgIpc) is 2.16. The van der Waals surface area contributed by atoms with Gasteiger partial charge in [-0.3, -0.25) is 4.79 Å². The zero-order chi connectivity index (χ0) is 10.7. The summed E-state index contributed by atoms with van der Waals surface area (Å²) in [6.45, 7) is 0. The number of ether oxygens (including phenoxy) is 1. The van der Waals surface area contributed by atoms with Gasteiger partial charge in [0.15, 0.2) is 6.29 Å². The van der Waals surface area contributed by atoms with Gasteiger partial charge in [0, 0.05) is 0 Å². The van der Waals surface area contributed by atoms with Crippen LogP contribution in [-0.2, 0) is 0 Å². The zero-order valence-corrected chi connectivity index (χ0v) is 8.72. The maximum Gasteiger partial charge on any atom is 0.266 e. The van der Waals surface area contributed by atoms with E-state index < -0.39 is 6.43 Å². The van der Waals surface area contributed by atoms with E-state index in [0.29, 0.717) is 6.29 Å². The number of pyridine rings is 1. The molecule has 1 heterocycles. The number of nitrogens with zero attached hydrogens (tertiary/aromatic N) is 1. The summed E-state index contributed by atoms with van der Waals surface area (Å²) in [4.78, 5) is 14.2. The Morgan fingerprint density at radius 1 is 1.64 bits per heavy atom. The minimum atomic E-state index is -2.68. The van der Waals surface area contributed by atoms with E-state index in [1.165, 1.54) is 7.11 Å². The first kappa shape index (κ1) is 11.0. The number of aldehydes is 1. The number of methoxy groups -OCH3 is 1. The van der Waals surface area contributed by atoms with Crippen LogP contribution in [0.15, 0.2) is 10.7 Å². The molecule has 0 bridgehead atoms. The smallest absolute Gasteiger partial charge is 0.266 e. The molecular formula is C8H6BrF2NO2. The number of hydrogen-bond acceptors (Lipinski definition) is 3. The molecule has 0 fully saturated rings. The molecule has 3 nitrogen and oxygen atoms in total. The predicted octanol–water partition coefficient (Wildman–Crippen LogP) is 2.60. The SMILES string of the molecule is COc1nc(Br)c(C(F)F)cc1C=O. The Kier molecular flexibility index (Phi) is 3.51. The summed E-state index contributed by atoms with van der Waals surface area (Å²) in [5, 5.41) is 0. The molecule has 0 N–H and O–H groups in total. The van der Waals surface area contributed by atoms with E-state index in [0.717, 1.165) is 6.07 Å². The highest BCUT2D eigenvalue weighted by molar-refractivity contribution is 9.10. The van der Waals surface area contributed by atoms with Crippen molar-refractivity contribution in [1.29, 1.82) is 0 Å². The molecule has 1 aromatic rings. The van der Waals surface area contributed by atoms with E-state index in [1.807, 2.05) is 0 Å². The molecular weight excluding hydrogens is 260 g/mol. The van der Waals surface area contributed by atoms with Crippen LogP contribution in [0.5, 0.6) is 5.88 Å². The van der Waals surface area contributed by atoms with Crippen molar-refractivity contribution in [3.63, 3.8) is 0 Å². The van der Waals surface area contributed by atoms with Gasteiger partial charge in [-0.1, -0.05) is 0 Å². The van der Waals surface area contributed by atoms with Gasteiger partial charge in [0.25, 0.3) is 6.43 Å². The first-order chi connectivity index (χ1) is 6.60. The lowest BCUT2D eigenvalue weighted by atomic mass is 10.2. The largest absolute Gasteiger partial charge is 0.480 e. The van der Waals surface area contributed by atoms with Crippen LogP contribution in [0.4, 0.5) is 8.78 Å². The summed E-state index contributed by atoms with van der Waals surface area (Å²) in [6, 6.07) is 1.05. The molecule has 0 spiro atoms. The molecule has 0 saturated heterocycles. The number of hydrogen-bond donors (Lipinski definition) is 0. The quantitative estimate of drug-likeness (QED) is 0.623. The lowest BCUT2D eigenvalue weighted by Crippen LogP contribution is -1.98. The fourth-order valence-corrected chi connectivity index (χ4v) is 1.36. The highest BCUT2D eigenvalue weighted by Crippen LogP contribution is 2.29. The number of alkyl halides is 2. The molecule has 14 heavy (non-hydrogen) atoms. The van der Waals surface area contributed by atoms with Crippen molar-refractivity contribution in [3.05, 3.63) is 21.8 Å². The molecule has 0 saturated carbocycles. The number of aromatic nitrogens is 1. The van der Waals surface area contributed by atoms with Crippen molar-refractivity contribution in [3.8, 4) is 5.88 Å². The van der Waals surface area contributed by atoms with Gasteiger partial charge in [0.05, 0.1) is 18.2 Å². The molecule has 0 atom stereocenters. The van der Waals surface area contributed by atoms with Crippen molar-refractivity contribution in [1.82, 2.24) is 4.98 Å². The maximum absolute atomic E-state index is 12.4. The van der Waals surface area contributed by atoms with Crippen molar-refractivity contribution in [2.45, 2.75) is 6.43 Å². The third-order valence-corrected chi connectivity index (χ3v) is 2.19. The molecule has 0 radical (unpaired) electrons. The van der Waals surface area contributed by atoms with E-state index in [-0.39, 0.29) is 21.6 Å². The van der Waals surface area contributed by atoms with Gasteiger partial charge in [-0.2, -0.15) is 0 Å². The highest BCUT2D eigenvalue weighted by Gasteiger charge is 2.16. The van der Waals surface area contributed by atoms with Crippen molar-refractivity contribution in [2.75, 3.05) is 7.11 Å². The Morgan fingerprint density at radius 3 is 2.71 bits per heavy atom. The fourth-order valence-electron chi connectivity index (χ4n) is 0.908. The van der Waals surface area contributed by atoms with Crippen LogP contribution in [0, 0.1) is 0 Å². The van der Waals surface area contributed by atoms with E-state index in [4.69, 9.17) is 4.74 Å². The second kappa shape index (κ2) is 4.45. The minimum Gasteiger partial charge on any atom is -0.480 e. The minimum absolute atomic E-state index is 0.00556. The first-order valence-electron chi connectivity index (χ1n) is 3.58. The standard InChI is InChI=1S/C8H6BrF2NO2/c1-14-8-4(3-13)2-5(7(10)11)6(9)12-8/h2-3,7H,1H3. The van der Waals surface area contributed by atoms with Gasteiger partial charge in [-0.25, -0.2) is 13.8 Å². The first-order valence-corrected chi connectivity index (χ1v) is 4.37. The molecule has 0 unspecified atom stereocenters. The zero-order valence-electron chi connectivity index (χ0n) is 7.13. The summed E-state index contributed by atoms with van der Waals surface area (Å²) < 4.78 is 29.4. The van der Waals surface area contributed by atoms with Gasteiger partial charge in [0.2, 0.25) is 5.88 Å². The molecule has 1 aromatic heterocycles. The van der Waals surface area contributed by atoms with Gasteiger partial charge >= 0.3 is 0 Å². The number of carbonyl (C=O) groups excluding carboxylic acids is 1. The molecule has 76 valence electrons. The number of rotatable bonds is 3. The summed E-state index contributed by atoms with van der Waals surface area (Å²) in [6.07, 6.45) is -2.26. The van der Waals surface area contributed by atoms with Crippen molar-refractivity contribution in [2.24, 2.45) is 0 Å². The third-order valence-electron chi connectivity index (χ3n) is 1.55. The van der Waals surface area contributed by atoms with Crippen LogP contribution in [0.1, 0.15) is 22.3 Å². The van der Waals surface area contributed by atoms with Gasteiger partial charge in [0.1, 0.15) is 4.60 Å². The second-order valence-electron chi connectivity index (χ2n) is 2.39. The Balaban J connectivity index is 3.30. The second-order valence-corrected chi connectivity index (χ2v) is 3.14. The summed E-state index contributed by atoms with van der Waals surface area (Å²) in [5.41, 5.74) is -0.320. The van der Waals surface area contributed by atoms with Crippen LogP contribution in [-0.4, -0.2) is 18.4 Å². The van der Waals surface area contributed by atoms with E-state index in [2.05, 4.69) is 20.9 Å². The molecule has 0 aliphatic heterocycles. The summed E-state index contributed by atoms with van der Waals surface area (Å²) in [7, 11) is 1.31. The highest BCUT2D eigenvalue weighted by atomic mass is 79.9. The summed E-state index contributed by atoms with van der Waals surface area (Å²) >= 11 is 2.86. The summed E-state index contributed by atoms with van der Waals surface area (Å²) in [5.74, 6) is 0.0243. The number of halogens is 3. The molecule has 1 rings (SSSR count). The third kappa shape index (κ3) is 2.06. The van der Waals surface area contributed by atoms with Crippen LogP contribution >= 0.6 is 15.9 Å². The predicted molar refractivity (Wildman–Crippen MR) is 48.8 cm³/mol. The lowest BCUT2D eigenvalue weighted by molar-refractivity contribution is 0.111. The fraction of sp³-hybridized carbons (Fsp3) is 0.250. The monoisotopic (exact) mass is 265 g/mol. The molecule has 0 aliphatic rings. The Morgan fingerprint density at radius 2 is 2.29 bits per heavy atom. The lowest BCUT2D eigenvalue weighted by Gasteiger charge is -2.07. The van der Waals surface area contributed by atoms with Crippen molar-refractivity contribution >= 4 is 22.2 Å². The topological polar surface area (TPSA) is 39.2 Å². The van der Waals surface area contributed by atoms with Gasteiger partial charge in [-0.05, 0) is 22.0 Å². The van der Waals surface area contributed by atoms with Crippen LogP contribution < -0.4 is 4.74 Å². The van der Waals surface area contributed by atoms with E-state index in [1.54, 1.807) is 0 Å². The van der Waals surface area contributed by atoms with E-state index >= 15 is 0 Å². The normalized spacial score (nSPS) is 10.4. The Hall–Kier alpha value is -1.04. The van der Waals surface area contributed by atoms with E-state index in [9.17, 15) is 13.6 Å². The Labute approximate surface area is 87.2 Å². The average molecular weight is 266 g/mol. The molecule has 6 heteroatoms.